The molecule has 5 heteroatoms. The Morgan fingerprint density at radius 3 is 2.55 bits per heavy atom. The molecule has 1 heterocycles. The molecule has 0 aromatic rings. The number of carbonyl (C=O) groups is 2. The number of hydrogen-bond acceptors (Lipinski definition) is 3. The fraction of sp³-hybridized carbons (Fsp3) is 0.867. The van der Waals surface area contributed by atoms with E-state index in [4.69, 9.17) is 0 Å². The first-order valence-electron chi connectivity index (χ1n) is 7.58. The summed E-state index contributed by atoms with van der Waals surface area (Å²) in [6.45, 7) is 10.5. The predicted octanol–water partition coefficient (Wildman–Crippen LogP) is 1.18. The van der Waals surface area contributed by atoms with Crippen LogP contribution in [-0.2, 0) is 9.59 Å². The minimum absolute atomic E-state index is 0.0697. The van der Waals surface area contributed by atoms with Crippen LogP contribution in [0.5, 0.6) is 0 Å². The van der Waals surface area contributed by atoms with Gasteiger partial charge in [0.2, 0.25) is 11.8 Å². The standard InChI is InChI=1S/C15H29N3O2/c1-6-11-7-8-16-12(9-11)14(20)17-10(2)13(19)18-15(3,4)5/h10-12,16H,6-9H2,1-5H3,(H,17,20)(H,18,19). The Kier molecular flexibility index (Phi) is 5.99. The second-order valence-electron chi connectivity index (χ2n) is 6.77. The van der Waals surface area contributed by atoms with Gasteiger partial charge in [0.1, 0.15) is 6.04 Å². The highest BCUT2D eigenvalue weighted by molar-refractivity contribution is 5.89. The smallest absolute Gasteiger partial charge is 0.242 e. The summed E-state index contributed by atoms with van der Waals surface area (Å²) in [6, 6.07) is -0.677. The number of nitrogens with one attached hydrogen (secondary N) is 3. The van der Waals surface area contributed by atoms with E-state index in [0.717, 1.165) is 25.8 Å². The molecule has 1 aliphatic rings. The van der Waals surface area contributed by atoms with Crippen molar-refractivity contribution in [3.8, 4) is 0 Å². The van der Waals surface area contributed by atoms with Crippen molar-refractivity contribution in [1.82, 2.24) is 16.0 Å². The van der Waals surface area contributed by atoms with Gasteiger partial charge in [-0.25, -0.2) is 0 Å². The third-order valence-corrected chi connectivity index (χ3v) is 3.66. The Bertz CT molecular complexity index is 350. The summed E-state index contributed by atoms with van der Waals surface area (Å²) >= 11 is 0. The summed E-state index contributed by atoms with van der Waals surface area (Å²) in [5.41, 5.74) is -0.285. The second kappa shape index (κ2) is 7.07. The number of carbonyl (C=O) groups excluding carboxylic acids is 2. The van der Waals surface area contributed by atoms with Crippen LogP contribution in [-0.4, -0.2) is 36.0 Å². The minimum Gasteiger partial charge on any atom is -0.350 e. The fourth-order valence-electron chi connectivity index (χ4n) is 2.42. The highest BCUT2D eigenvalue weighted by atomic mass is 16.2. The number of amides is 2. The van der Waals surface area contributed by atoms with Crippen molar-refractivity contribution in [3.05, 3.63) is 0 Å². The number of rotatable bonds is 4. The lowest BCUT2D eigenvalue weighted by molar-refractivity contribution is -0.130. The summed E-state index contributed by atoms with van der Waals surface area (Å²) in [6.07, 6.45) is 3.09. The van der Waals surface area contributed by atoms with Crippen LogP contribution in [0, 0.1) is 5.92 Å². The van der Waals surface area contributed by atoms with Gasteiger partial charge in [-0.05, 0) is 53.0 Å². The molecule has 3 atom stereocenters. The maximum atomic E-state index is 12.2. The largest absolute Gasteiger partial charge is 0.350 e. The van der Waals surface area contributed by atoms with E-state index in [9.17, 15) is 9.59 Å². The molecule has 0 spiro atoms. The molecule has 1 saturated heterocycles. The van der Waals surface area contributed by atoms with E-state index >= 15 is 0 Å². The van der Waals surface area contributed by atoms with Gasteiger partial charge in [0, 0.05) is 5.54 Å². The van der Waals surface area contributed by atoms with Crippen LogP contribution in [0.3, 0.4) is 0 Å². The molecule has 0 aliphatic carbocycles. The van der Waals surface area contributed by atoms with Crippen LogP contribution < -0.4 is 16.0 Å². The third-order valence-electron chi connectivity index (χ3n) is 3.66. The molecule has 3 unspecified atom stereocenters. The van der Waals surface area contributed by atoms with Crippen LogP contribution in [0.2, 0.25) is 0 Å². The first kappa shape index (κ1) is 17.0. The molecule has 3 N–H and O–H groups in total. The summed E-state index contributed by atoms with van der Waals surface area (Å²) in [4.78, 5) is 24.1. The van der Waals surface area contributed by atoms with Crippen molar-refractivity contribution in [1.29, 1.82) is 0 Å². The quantitative estimate of drug-likeness (QED) is 0.726. The van der Waals surface area contributed by atoms with Gasteiger partial charge in [0.25, 0.3) is 0 Å². The highest BCUT2D eigenvalue weighted by Gasteiger charge is 2.28. The van der Waals surface area contributed by atoms with Crippen molar-refractivity contribution >= 4 is 11.8 Å². The van der Waals surface area contributed by atoms with Crippen LogP contribution in [0.4, 0.5) is 0 Å². The molecule has 2 amide bonds. The van der Waals surface area contributed by atoms with Gasteiger partial charge in [-0.1, -0.05) is 13.3 Å². The zero-order valence-electron chi connectivity index (χ0n) is 13.4. The van der Waals surface area contributed by atoms with Crippen LogP contribution in [0.1, 0.15) is 53.9 Å². The van der Waals surface area contributed by atoms with Gasteiger partial charge in [-0.2, -0.15) is 0 Å². The molecule has 1 rings (SSSR count). The Balaban J connectivity index is 2.46. The van der Waals surface area contributed by atoms with Crippen LogP contribution >= 0.6 is 0 Å². The molecule has 0 saturated carbocycles. The predicted molar refractivity (Wildman–Crippen MR) is 80.3 cm³/mol. The third kappa shape index (κ3) is 5.49. The Hall–Kier alpha value is -1.10. The average molecular weight is 283 g/mol. The summed E-state index contributed by atoms with van der Waals surface area (Å²) < 4.78 is 0. The summed E-state index contributed by atoms with van der Waals surface area (Å²) in [5, 5.41) is 8.91. The van der Waals surface area contributed by atoms with Gasteiger partial charge in [0.05, 0.1) is 6.04 Å². The SMILES string of the molecule is CCC1CCNC(C(=O)NC(C)C(=O)NC(C)(C)C)C1. The molecule has 0 radical (unpaired) electrons. The molecule has 5 nitrogen and oxygen atoms in total. The second-order valence-corrected chi connectivity index (χ2v) is 6.77. The Morgan fingerprint density at radius 2 is 2.00 bits per heavy atom. The Labute approximate surface area is 122 Å². The van der Waals surface area contributed by atoms with Gasteiger partial charge < -0.3 is 16.0 Å². The lowest BCUT2D eigenvalue weighted by atomic mass is 9.90. The molecule has 1 fully saturated rings. The fourth-order valence-corrected chi connectivity index (χ4v) is 2.42. The molecule has 1 aliphatic heterocycles. The average Bonchev–Trinajstić information content (AvgIpc) is 2.36. The first-order valence-corrected chi connectivity index (χ1v) is 7.58. The lowest BCUT2D eigenvalue weighted by Crippen LogP contribution is -2.55. The van der Waals surface area contributed by atoms with Crippen LogP contribution in [0.15, 0.2) is 0 Å². The zero-order valence-corrected chi connectivity index (χ0v) is 13.4. The van der Waals surface area contributed by atoms with Crippen molar-refractivity contribution < 1.29 is 9.59 Å². The highest BCUT2D eigenvalue weighted by Crippen LogP contribution is 2.19. The molecule has 116 valence electrons. The monoisotopic (exact) mass is 283 g/mol. The summed E-state index contributed by atoms with van der Waals surface area (Å²) in [7, 11) is 0. The van der Waals surface area contributed by atoms with Crippen molar-refractivity contribution in [3.63, 3.8) is 0 Å². The van der Waals surface area contributed by atoms with Gasteiger partial charge in [-0.3, -0.25) is 9.59 Å². The van der Waals surface area contributed by atoms with E-state index < -0.39 is 6.04 Å². The Morgan fingerprint density at radius 1 is 1.35 bits per heavy atom. The molecule has 0 aromatic heterocycles. The van der Waals surface area contributed by atoms with E-state index in [-0.39, 0.29) is 23.4 Å². The van der Waals surface area contributed by atoms with E-state index in [1.54, 1.807) is 6.92 Å². The van der Waals surface area contributed by atoms with Crippen molar-refractivity contribution in [2.24, 2.45) is 5.92 Å². The normalized spacial score (nSPS) is 24.9. The van der Waals surface area contributed by atoms with Gasteiger partial charge >= 0.3 is 0 Å². The number of piperidine rings is 1. The zero-order chi connectivity index (χ0) is 15.3. The maximum absolute atomic E-state index is 12.2. The topological polar surface area (TPSA) is 70.2 Å². The number of hydrogen-bond donors (Lipinski definition) is 3. The van der Waals surface area contributed by atoms with E-state index in [0.29, 0.717) is 5.92 Å². The van der Waals surface area contributed by atoms with Gasteiger partial charge in [-0.15, -0.1) is 0 Å². The molecule has 0 bridgehead atoms. The molecule has 0 aromatic carbocycles. The van der Waals surface area contributed by atoms with Gasteiger partial charge in [0.15, 0.2) is 0 Å². The molecular formula is C15H29N3O2. The van der Waals surface area contributed by atoms with E-state index in [2.05, 4.69) is 22.9 Å². The summed E-state index contributed by atoms with van der Waals surface area (Å²) in [5.74, 6) is 0.388. The van der Waals surface area contributed by atoms with Crippen LogP contribution in [0.25, 0.3) is 0 Å². The maximum Gasteiger partial charge on any atom is 0.242 e. The van der Waals surface area contributed by atoms with E-state index in [1.807, 2.05) is 20.8 Å². The van der Waals surface area contributed by atoms with E-state index in [1.165, 1.54) is 0 Å². The van der Waals surface area contributed by atoms with Crippen molar-refractivity contribution in [2.75, 3.05) is 6.54 Å². The lowest BCUT2D eigenvalue weighted by Gasteiger charge is -2.30. The first-order chi connectivity index (χ1) is 9.23. The molecule has 20 heavy (non-hydrogen) atoms. The van der Waals surface area contributed by atoms with Crippen molar-refractivity contribution in [2.45, 2.75) is 71.5 Å². The minimum atomic E-state index is -0.509. The molecular weight excluding hydrogens is 254 g/mol.